The van der Waals surface area contributed by atoms with Gasteiger partial charge in [0, 0.05) is 29.9 Å². The van der Waals surface area contributed by atoms with E-state index in [1.807, 2.05) is 37.4 Å². The largest absolute Gasteiger partial charge is 0.388 e. The second kappa shape index (κ2) is 6.12. The summed E-state index contributed by atoms with van der Waals surface area (Å²) >= 11 is 1.56. The first-order valence-corrected chi connectivity index (χ1v) is 6.36. The summed E-state index contributed by atoms with van der Waals surface area (Å²) in [6.07, 6.45) is 0. The van der Waals surface area contributed by atoms with Gasteiger partial charge in [-0.2, -0.15) is 5.26 Å². The minimum Gasteiger partial charge on any atom is -0.388 e. The van der Waals surface area contributed by atoms with Crippen molar-refractivity contribution < 1.29 is 5.11 Å². The monoisotopic (exact) mass is 253 g/mol. The Kier molecular flexibility index (Phi) is 5.09. The Morgan fingerprint density at radius 2 is 2.29 bits per heavy atom. The molecule has 1 heterocycles. The van der Waals surface area contributed by atoms with E-state index in [0.717, 1.165) is 4.88 Å². The molecule has 0 aliphatic carbocycles. The lowest BCUT2D eigenvalue weighted by Crippen LogP contribution is -2.45. The van der Waals surface area contributed by atoms with Crippen molar-refractivity contribution in [3.8, 4) is 6.07 Å². The molecule has 0 saturated heterocycles. The molecular formula is C12H19N3OS. The Hall–Kier alpha value is -0.930. The summed E-state index contributed by atoms with van der Waals surface area (Å²) in [4.78, 5) is 3.07. The summed E-state index contributed by atoms with van der Waals surface area (Å²) in [5.41, 5.74) is -0.0365. The van der Waals surface area contributed by atoms with Gasteiger partial charge in [-0.15, -0.1) is 11.3 Å². The molecule has 94 valence electrons. The highest BCUT2D eigenvalue weighted by Gasteiger charge is 2.20. The highest BCUT2D eigenvalue weighted by atomic mass is 32.1. The lowest BCUT2D eigenvalue weighted by Gasteiger charge is -2.27. The fourth-order valence-electron chi connectivity index (χ4n) is 1.72. The Bertz CT molecular complexity index is 393. The molecule has 0 saturated carbocycles. The van der Waals surface area contributed by atoms with Crippen molar-refractivity contribution >= 4 is 11.3 Å². The van der Waals surface area contributed by atoms with Gasteiger partial charge in [0.2, 0.25) is 0 Å². The Morgan fingerprint density at radius 3 is 2.82 bits per heavy atom. The number of nitrogens with zero attached hydrogens (tertiary/aromatic N) is 2. The zero-order chi connectivity index (χ0) is 12.9. The maximum Gasteiger partial charge on any atom is 0.100 e. The molecule has 0 radical (unpaired) electrons. The van der Waals surface area contributed by atoms with Crippen molar-refractivity contribution in [1.82, 2.24) is 10.2 Å². The Balaban J connectivity index is 2.35. The van der Waals surface area contributed by atoms with E-state index in [1.165, 1.54) is 0 Å². The minimum atomic E-state index is -0.737. The lowest BCUT2D eigenvalue weighted by atomic mass is 10.1. The van der Waals surface area contributed by atoms with Gasteiger partial charge in [0.25, 0.3) is 0 Å². The number of nitrogens with one attached hydrogen (secondary N) is 1. The molecule has 0 bridgehead atoms. The average Bonchev–Trinajstić information content (AvgIpc) is 2.63. The molecule has 0 aromatic carbocycles. The van der Waals surface area contributed by atoms with E-state index in [-0.39, 0.29) is 0 Å². The average molecular weight is 253 g/mol. The molecule has 0 spiro atoms. The molecule has 0 aliphatic rings. The molecule has 17 heavy (non-hydrogen) atoms. The molecule has 1 unspecified atom stereocenters. The second-order valence-corrected chi connectivity index (χ2v) is 5.75. The summed E-state index contributed by atoms with van der Waals surface area (Å²) in [5.74, 6) is 0. The van der Waals surface area contributed by atoms with Crippen molar-refractivity contribution in [3.63, 3.8) is 0 Å². The van der Waals surface area contributed by atoms with Crippen LogP contribution in [0.2, 0.25) is 0 Å². The van der Waals surface area contributed by atoms with Crippen molar-refractivity contribution in [1.29, 1.82) is 5.26 Å². The maximum absolute atomic E-state index is 10.1. The highest BCUT2D eigenvalue weighted by Crippen LogP contribution is 2.13. The van der Waals surface area contributed by atoms with Gasteiger partial charge < -0.3 is 15.3 Å². The van der Waals surface area contributed by atoms with Crippen molar-refractivity contribution in [2.45, 2.75) is 19.1 Å². The zero-order valence-electron chi connectivity index (χ0n) is 10.5. The maximum atomic E-state index is 10.1. The summed E-state index contributed by atoms with van der Waals surface area (Å²) in [7, 11) is 3.87. The predicted molar refractivity (Wildman–Crippen MR) is 69.9 cm³/mol. The molecule has 0 amide bonds. The van der Waals surface area contributed by atoms with Crippen LogP contribution >= 0.6 is 11.3 Å². The van der Waals surface area contributed by atoms with E-state index in [1.54, 1.807) is 11.3 Å². The van der Waals surface area contributed by atoms with Crippen molar-refractivity contribution in [2.75, 3.05) is 27.2 Å². The molecule has 2 N–H and O–H groups in total. The van der Waals surface area contributed by atoms with E-state index in [2.05, 4.69) is 11.4 Å². The standard InChI is InChI=1S/C12H19N3OS/c1-12(16,9-15(2)3)8-14-6-11-4-10(5-13)7-17-11/h4,7,14,16H,6,8-9H2,1-3H3. The van der Waals surface area contributed by atoms with Gasteiger partial charge in [-0.25, -0.2) is 0 Å². The smallest absolute Gasteiger partial charge is 0.100 e. The number of likely N-dealkylation sites (N-methyl/N-ethyl adjacent to an activating group) is 1. The van der Waals surface area contributed by atoms with Crippen LogP contribution in [0.25, 0.3) is 0 Å². The number of rotatable bonds is 6. The molecule has 1 aromatic heterocycles. The second-order valence-electron chi connectivity index (χ2n) is 4.75. The van der Waals surface area contributed by atoms with E-state index in [4.69, 9.17) is 5.26 Å². The third-order valence-corrected chi connectivity index (χ3v) is 3.18. The van der Waals surface area contributed by atoms with Crippen LogP contribution in [0.5, 0.6) is 0 Å². The minimum absolute atomic E-state index is 0.533. The molecule has 5 heteroatoms. The Morgan fingerprint density at radius 1 is 1.59 bits per heavy atom. The van der Waals surface area contributed by atoms with Gasteiger partial charge in [0.05, 0.1) is 11.2 Å². The normalized spacial score (nSPS) is 14.6. The van der Waals surface area contributed by atoms with Gasteiger partial charge in [-0.3, -0.25) is 0 Å². The van der Waals surface area contributed by atoms with Crippen LogP contribution in [0.3, 0.4) is 0 Å². The van der Waals surface area contributed by atoms with E-state index < -0.39 is 5.60 Å². The highest BCUT2D eigenvalue weighted by molar-refractivity contribution is 7.10. The molecule has 1 atom stereocenters. The third kappa shape index (κ3) is 5.29. The van der Waals surface area contributed by atoms with Crippen molar-refractivity contribution in [2.24, 2.45) is 0 Å². The number of thiophene rings is 1. The zero-order valence-corrected chi connectivity index (χ0v) is 11.3. The molecule has 0 aliphatic heterocycles. The first kappa shape index (κ1) is 14.1. The van der Waals surface area contributed by atoms with Gasteiger partial charge in [-0.05, 0) is 27.1 Å². The third-order valence-electron chi connectivity index (χ3n) is 2.24. The molecule has 1 aromatic rings. The van der Waals surface area contributed by atoms with Crippen molar-refractivity contribution in [3.05, 3.63) is 21.9 Å². The number of hydrogen-bond acceptors (Lipinski definition) is 5. The number of nitriles is 1. The fourth-order valence-corrected chi connectivity index (χ4v) is 2.50. The van der Waals surface area contributed by atoms with Crippen LogP contribution in [0, 0.1) is 11.3 Å². The molecular weight excluding hydrogens is 234 g/mol. The number of aliphatic hydroxyl groups is 1. The van der Waals surface area contributed by atoms with Gasteiger partial charge >= 0.3 is 0 Å². The first-order valence-electron chi connectivity index (χ1n) is 5.48. The van der Waals surface area contributed by atoms with Crippen LogP contribution in [-0.4, -0.2) is 42.8 Å². The van der Waals surface area contributed by atoms with E-state index in [0.29, 0.717) is 25.2 Å². The molecule has 0 fully saturated rings. The molecule has 1 rings (SSSR count). The van der Waals surface area contributed by atoms with E-state index >= 15 is 0 Å². The summed E-state index contributed by atoms with van der Waals surface area (Å²) in [6.45, 7) is 3.66. The lowest BCUT2D eigenvalue weighted by molar-refractivity contribution is 0.0336. The van der Waals surface area contributed by atoms with Gasteiger partial charge in [0.1, 0.15) is 6.07 Å². The van der Waals surface area contributed by atoms with Gasteiger partial charge in [-0.1, -0.05) is 0 Å². The SMILES string of the molecule is CN(C)CC(C)(O)CNCc1cc(C#N)cs1. The fraction of sp³-hybridized carbons (Fsp3) is 0.583. The summed E-state index contributed by atoms with van der Waals surface area (Å²) in [5, 5.41) is 23.8. The summed E-state index contributed by atoms with van der Waals surface area (Å²) < 4.78 is 0. The number of hydrogen-bond donors (Lipinski definition) is 2. The van der Waals surface area contributed by atoms with Gasteiger partial charge in [0.15, 0.2) is 0 Å². The summed E-state index contributed by atoms with van der Waals surface area (Å²) in [6, 6.07) is 3.98. The topological polar surface area (TPSA) is 59.3 Å². The predicted octanol–water partition coefficient (Wildman–Crippen LogP) is 1.02. The van der Waals surface area contributed by atoms with Crippen LogP contribution < -0.4 is 5.32 Å². The van der Waals surface area contributed by atoms with Crippen LogP contribution in [-0.2, 0) is 6.54 Å². The quantitative estimate of drug-likeness (QED) is 0.795. The first-order chi connectivity index (χ1) is 7.93. The molecule has 4 nitrogen and oxygen atoms in total. The van der Waals surface area contributed by atoms with Crippen LogP contribution in [0.15, 0.2) is 11.4 Å². The van der Waals surface area contributed by atoms with Crippen LogP contribution in [0.1, 0.15) is 17.4 Å². The van der Waals surface area contributed by atoms with E-state index in [9.17, 15) is 5.11 Å². The van der Waals surface area contributed by atoms with Crippen LogP contribution in [0.4, 0.5) is 0 Å². The Labute approximate surface area is 106 Å².